The fourth-order valence-electron chi connectivity index (χ4n) is 1.62. The predicted molar refractivity (Wildman–Crippen MR) is 72.1 cm³/mol. The second kappa shape index (κ2) is 6.37. The SMILES string of the molecule is C=CC(=O)O[Si](C)(C)O[Si](C)(C)CCCC. The first-order chi connectivity index (χ1) is 7.22. The van der Waals surface area contributed by atoms with Crippen LogP contribution in [0, 0.1) is 0 Å². The highest BCUT2D eigenvalue weighted by atomic mass is 28.4. The van der Waals surface area contributed by atoms with E-state index in [1.54, 1.807) is 0 Å². The van der Waals surface area contributed by atoms with Crippen LogP contribution in [0.25, 0.3) is 0 Å². The number of unbranched alkanes of at least 4 members (excludes halogenated alkanes) is 1. The monoisotopic (exact) mass is 260 g/mol. The maximum absolute atomic E-state index is 11.2. The molecule has 0 rings (SSSR count). The van der Waals surface area contributed by atoms with E-state index in [0.29, 0.717) is 0 Å². The van der Waals surface area contributed by atoms with Crippen LogP contribution in [-0.4, -0.2) is 22.8 Å². The third-order valence-electron chi connectivity index (χ3n) is 2.17. The summed E-state index contributed by atoms with van der Waals surface area (Å²) in [6.45, 7) is 13.7. The lowest BCUT2D eigenvalue weighted by Gasteiger charge is -2.32. The van der Waals surface area contributed by atoms with Crippen LogP contribution < -0.4 is 0 Å². The molecule has 0 radical (unpaired) electrons. The molecule has 0 unspecified atom stereocenters. The topological polar surface area (TPSA) is 35.5 Å². The summed E-state index contributed by atoms with van der Waals surface area (Å²) in [5.74, 6) is -0.378. The van der Waals surface area contributed by atoms with Gasteiger partial charge in [-0.15, -0.1) is 0 Å². The lowest BCUT2D eigenvalue weighted by molar-refractivity contribution is -0.130. The molecule has 0 fully saturated rings. The molecule has 0 aromatic heterocycles. The molecular weight excluding hydrogens is 236 g/mol. The van der Waals surface area contributed by atoms with Gasteiger partial charge in [0.1, 0.15) is 0 Å². The molecule has 0 amide bonds. The van der Waals surface area contributed by atoms with Crippen LogP contribution in [0.1, 0.15) is 19.8 Å². The molecule has 94 valence electrons. The van der Waals surface area contributed by atoms with Crippen LogP contribution in [0.15, 0.2) is 12.7 Å². The molecule has 0 aliphatic rings. The smallest absolute Gasteiger partial charge is 0.385 e. The first-order valence-electron chi connectivity index (χ1n) is 5.78. The summed E-state index contributed by atoms with van der Waals surface area (Å²) in [6, 6.07) is 1.12. The number of carbonyl (C=O) groups is 1. The molecule has 0 spiro atoms. The van der Waals surface area contributed by atoms with E-state index < -0.39 is 16.9 Å². The summed E-state index contributed by atoms with van der Waals surface area (Å²) in [6.07, 6.45) is 3.55. The second-order valence-corrected chi connectivity index (χ2v) is 12.8. The van der Waals surface area contributed by atoms with Crippen LogP contribution in [-0.2, 0) is 13.3 Å². The Labute approximate surface area is 101 Å². The average molecular weight is 260 g/mol. The summed E-state index contributed by atoms with van der Waals surface area (Å²) in [4.78, 5) is 11.2. The van der Waals surface area contributed by atoms with E-state index in [1.807, 2.05) is 13.1 Å². The van der Waals surface area contributed by atoms with Crippen LogP contribution >= 0.6 is 0 Å². The zero-order valence-electron chi connectivity index (χ0n) is 11.1. The molecular formula is C11H24O3Si2. The maximum Gasteiger partial charge on any atom is 0.385 e. The minimum absolute atomic E-state index is 0.378. The van der Waals surface area contributed by atoms with Gasteiger partial charge in [-0.1, -0.05) is 26.3 Å². The van der Waals surface area contributed by atoms with Crippen molar-refractivity contribution in [1.29, 1.82) is 0 Å². The third-order valence-corrected chi connectivity index (χ3v) is 8.59. The molecule has 16 heavy (non-hydrogen) atoms. The Hall–Kier alpha value is -0.396. The first kappa shape index (κ1) is 15.6. The molecule has 0 heterocycles. The molecule has 5 heteroatoms. The molecule has 0 aliphatic heterocycles. The quantitative estimate of drug-likeness (QED) is 0.519. The maximum atomic E-state index is 11.2. The van der Waals surface area contributed by atoms with Gasteiger partial charge in [-0.3, -0.25) is 0 Å². The van der Waals surface area contributed by atoms with E-state index in [1.165, 1.54) is 18.9 Å². The van der Waals surface area contributed by atoms with E-state index in [2.05, 4.69) is 26.6 Å². The minimum atomic E-state index is -2.33. The second-order valence-electron chi connectivity index (χ2n) is 4.99. The minimum Gasteiger partial charge on any atom is -0.492 e. The largest absolute Gasteiger partial charge is 0.492 e. The van der Waals surface area contributed by atoms with Crippen LogP contribution in [0.5, 0.6) is 0 Å². The van der Waals surface area contributed by atoms with E-state index >= 15 is 0 Å². The fourth-order valence-corrected chi connectivity index (χ4v) is 9.29. The summed E-state index contributed by atoms with van der Waals surface area (Å²) in [5.41, 5.74) is 0. The van der Waals surface area contributed by atoms with Gasteiger partial charge in [0.15, 0.2) is 8.32 Å². The summed E-state index contributed by atoms with van der Waals surface area (Å²) in [7, 11) is -4.02. The summed E-state index contributed by atoms with van der Waals surface area (Å²) < 4.78 is 11.4. The van der Waals surface area contributed by atoms with E-state index in [4.69, 9.17) is 8.54 Å². The summed E-state index contributed by atoms with van der Waals surface area (Å²) >= 11 is 0. The van der Waals surface area contributed by atoms with Crippen molar-refractivity contribution < 1.29 is 13.3 Å². The van der Waals surface area contributed by atoms with Crippen molar-refractivity contribution in [2.75, 3.05) is 0 Å². The molecule has 0 aromatic rings. The summed E-state index contributed by atoms with van der Waals surface area (Å²) in [5, 5.41) is 0. The van der Waals surface area contributed by atoms with Gasteiger partial charge in [0.2, 0.25) is 0 Å². The van der Waals surface area contributed by atoms with Gasteiger partial charge in [-0.25, -0.2) is 4.79 Å². The third kappa shape index (κ3) is 6.97. The van der Waals surface area contributed by atoms with Gasteiger partial charge in [0.25, 0.3) is 0 Å². The Morgan fingerprint density at radius 3 is 2.31 bits per heavy atom. The normalized spacial score (nSPS) is 12.3. The molecule has 0 saturated heterocycles. The Morgan fingerprint density at radius 2 is 1.88 bits per heavy atom. The van der Waals surface area contributed by atoms with E-state index in [-0.39, 0.29) is 5.97 Å². The van der Waals surface area contributed by atoms with Crippen LogP contribution in [0.2, 0.25) is 32.2 Å². The number of rotatable bonds is 7. The van der Waals surface area contributed by atoms with Gasteiger partial charge in [-0.2, -0.15) is 0 Å². The zero-order valence-corrected chi connectivity index (χ0v) is 13.1. The lowest BCUT2D eigenvalue weighted by Crippen LogP contribution is -2.47. The van der Waals surface area contributed by atoms with Crippen LogP contribution in [0.3, 0.4) is 0 Å². The standard InChI is InChI=1S/C11H24O3Si2/c1-7-9-10-15(3,4)14-16(5,6)13-11(12)8-2/h8H,2,7,9-10H2,1,3-6H3. The van der Waals surface area contributed by atoms with Crippen molar-refractivity contribution >= 4 is 22.8 Å². The van der Waals surface area contributed by atoms with Gasteiger partial charge >= 0.3 is 14.5 Å². The number of hydrogen-bond donors (Lipinski definition) is 0. The molecule has 0 aliphatic carbocycles. The van der Waals surface area contributed by atoms with Gasteiger partial charge < -0.3 is 8.54 Å². The molecule has 3 nitrogen and oxygen atoms in total. The van der Waals surface area contributed by atoms with Gasteiger partial charge in [0.05, 0.1) is 0 Å². The Balaban J connectivity index is 4.32. The Morgan fingerprint density at radius 1 is 1.31 bits per heavy atom. The zero-order chi connectivity index (χ0) is 12.8. The highest BCUT2D eigenvalue weighted by Gasteiger charge is 2.36. The van der Waals surface area contributed by atoms with Crippen molar-refractivity contribution in [3.05, 3.63) is 12.7 Å². The molecule has 0 saturated carbocycles. The highest BCUT2D eigenvalue weighted by molar-refractivity contribution is 6.82. The van der Waals surface area contributed by atoms with Crippen molar-refractivity contribution in [1.82, 2.24) is 0 Å². The molecule has 0 atom stereocenters. The van der Waals surface area contributed by atoms with Crippen molar-refractivity contribution in [3.8, 4) is 0 Å². The predicted octanol–water partition coefficient (Wildman–Crippen LogP) is 3.44. The van der Waals surface area contributed by atoms with E-state index in [9.17, 15) is 4.79 Å². The Kier molecular flexibility index (Phi) is 6.21. The van der Waals surface area contributed by atoms with Crippen molar-refractivity contribution in [2.45, 2.75) is 52.0 Å². The molecule has 0 N–H and O–H groups in total. The number of hydrogen-bond acceptors (Lipinski definition) is 3. The Bertz CT molecular complexity index is 250. The molecule has 0 bridgehead atoms. The van der Waals surface area contributed by atoms with Gasteiger partial charge in [-0.05, 0) is 32.2 Å². The van der Waals surface area contributed by atoms with Crippen molar-refractivity contribution in [3.63, 3.8) is 0 Å². The molecule has 0 aromatic carbocycles. The lowest BCUT2D eigenvalue weighted by atomic mass is 10.4. The average Bonchev–Trinajstić information content (AvgIpc) is 2.12. The highest BCUT2D eigenvalue weighted by Crippen LogP contribution is 2.21. The first-order valence-corrected chi connectivity index (χ1v) is 11.7. The van der Waals surface area contributed by atoms with Gasteiger partial charge in [0, 0.05) is 6.08 Å². The number of carbonyl (C=O) groups excluding carboxylic acids is 1. The van der Waals surface area contributed by atoms with E-state index in [0.717, 1.165) is 6.04 Å². The van der Waals surface area contributed by atoms with Crippen molar-refractivity contribution in [2.24, 2.45) is 0 Å². The van der Waals surface area contributed by atoms with Crippen LogP contribution in [0.4, 0.5) is 0 Å². The fraction of sp³-hybridized carbons (Fsp3) is 0.727.